The topological polar surface area (TPSA) is 6.48 Å². The Balaban J connectivity index is 1.65. The molecule has 0 saturated carbocycles. The van der Waals surface area contributed by atoms with Gasteiger partial charge in [-0.1, -0.05) is 47.5 Å². The van der Waals surface area contributed by atoms with Crippen molar-refractivity contribution in [3.63, 3.8) is 0 Å². The summed E-state index contributed by atoms with van der Waals surface area (Å²) in [5.74, 6) is 0. The van der Waals surface area contributed by atoms with Gasteiger partial charge in [0.15, 0.2) is 0 Å². The first-order valence-electron chi connectivity index (χ1n) is 10.6. The van der Waals surface area contributed by atoms with Gasteiger partial charge in [-0.25, -0.2) is 0 Å². The van der Waals surface area contributed by atoms with Crippen molar-refractivity contribution in [2.75, 3.05) is 16.5 Å². The average molecular weight is 385 g/mol. The van der Waals surface area contributed by atoms with Gasteiger partial charge < -0.3 is 9.80 Å². The van der Waals surface area contributed by atoms with Crippen molar-refractivity contribution in [2.24, 2.45) is 0 Å². The van der Waals surface area contributed by atoms with Crippen LogP contribution in [-0.2, 0) is 13.1 Å². The van der Waals surface area contributed by atoms with E-state index >= 15 is 0 Å². The third-order valence-corrected chi connectivity index (χ3v) is 6.28. The molecular weight excluding hydrogens is 352 g/mol. The Hall–Kier alpha value is -2.74. The summed E-state index contributed by atoms with van der Waals surface area (Å²) in [7, 11) is 0. The second kappa shape index (κ2) is 7.59. The zero-order valence-corrected chi connectivity index (χ0v) is 18.6. The van der Waals surface area contributed by atoms with Gasteiger partial charge in [0.05, 0.1) is 18.0 Å². The van der Waals surface area contributed by atoms with E-state index in [9.17, 15) is 0 Å². The van der Waals surface area contributed by atoms with Crippen molar-refractivity contribution >= 4 is 11.4 Å². The van der Waals surface area contributed by atoms with E-state index in [0.717, 1.165) is 19.8 Å². The zero-order chi connectivity index (χ0) is 20.7. The highest BCUT2D eigenvalue weighted by Gasteiger charge is 2.27. The van der Waals surface area contributed by atoms with Crippen LogP contribution < -0.4 is 9.80 Å². The van der Waals surface area contributed by atoms with E-state index in [1.54, 1.807) is 0 Å². The van der Waals surface area contributed by atoms with E-state index in [-0.39, 0.29) is 0 Å². The molecule has 0 radical (unpaired) electrons. The molecule has 0 fully saturated rings. The minimum absolute atomic E-state index is 0.929. The lowest BCUT2D eigenvalue weighted by Crippen LogP contribution is -2.31. The van der Waals surface area contributed by atoms with Crippen molar-refractivity contribution in [1.82, 2.24) is 0 Å². The van der Waals surface area contributed by atoms with Crippen LogP contribution in [0.5, 0.6) is 0 Å². The summed E-state index contributed by atoms with van der Waals surface area (Å²) in [5, 5.41) is 0. The van der Waals surface area contributed by atoms with E-state index in [0.29, 0.717) is 0 Å². The van der Waals surface area contributed by atoms with Gasteiger partial charge in [0.2, 0.25) is 0 Å². The molecule has 1 aliphatic rings. The maximum atomic E-state index is 2.53. The molecule has 0 N–H and O–H groups in total. The quantitative estimate of drug-likeness (QED) is 0.505. The number of benzene rings is 3. The Labute approximate surface area is 175 Å². The molecule has 0 atom stereocenters. The molecule has 0 spiro atoms. The summed E-state index contributed by atoms with van der Waals surface area (Å²) >= 11 is 0. The summed E-state index contributed by atoms with van der Waals surface area (Å²) < 4.78 is 0. The summed E-state index contributed by atoms with van der Waals surface area (Å²) in [6.07, 6.45) is 0. The Morgan fingerprint density at radius 1 is 0.586 bits per heavy atom. The third kappa shape index (κ3) is 3.76. The predicted molar refractivity (Wildman–Crippen MR) is 125 cm³/mol. The molecule has 1 heterocycles. The molecule has 0 amide bonds. The van der Waals surface area contributed by atoms with Gasteiger partial charge in [0.25, 0.3) is 0 Å². The molecule has 150 valence electrons. The summed E-state index contributed by atoms with van der Waals surface area (Å²) in [6.45, 7) is 16.2. The van der Waals surface area contributed by atoms with Crippen LogP contribution in [0.1, 0.15) is 44.5 Å². The molecule has 0 saturated heterocycles. The second-order valence-electron chi connectivity index (χ2n) is 8.78. The van der Waals surface area contributed by atoms with Crippen LogP contribution in [0.15, 0.2) is 48.5 Å². The largest absolute Gasteiger partial charge is 0.348 e. The number of nitrogens with zero attached hydrogens (tertiary/aromatic N) is 2. The van der Waals surface area contributed by atoms with E-state index in [1.807, 2.05) is 0 Å². The highest BCUT2D eigenvalue weighted by atomic mass is 15.4. The van der Waals surface area contributed by atoms with Crippen LogP contribution in [0.3, 0.4) is 0 Å². The summed E-state index contributed by atoms with van der Waals surface area (Å²) in [5.41, 5.74) is 13.9. The van der Waals surface area contributed by atoms with Crippen molar-refractivity contribution < 1.29 is 0 Å². The molecule has 3 aromatic rings. The van der Waals surface area contributed by atoms with Gasteiger partial charge in [-0.05, 0) is 87.1 Å². The molecule has 1 aliphatic heterocycles. The molecular formula is C27H32N2. The van der Waals surface area contributed by atoms with Crippen LogP contribution in [-0.4, -0.2) is 6.67 Å². The predicted octanol–water partition coefficient (Wildman–Crippen LogP) is 6.52. The van der Waals surface area contributed by atoms with Crippen LogP contribution in [0, 0.1) is 41.5 Å². The third-order valence-electron chi connectivity index (χ3n) is 6.28. The zero-order valence-electron chi connectivity index (χ0n) is 18.6. The SMILES string of the molecule is Cc1cc(C)c(CN2CN(Cc3c(C)cc(C)cc3C)c3ccccc32)c(C)c1. The smallest absolute Gasteiger partial charge is 0.0911 e. The van der Waals surface area contributed by atoms with Gasteiger partial charge in [0, 0.05) is 13.1 Å². The number of hydrogen-bond acceptors (Lipinski definition) is 2. The molecule has 2 nitrogen and oxygen atoms in total. The number of anilines is 2. The fourth-order valence-corrected chi connectivity index (χ4v) is 4.93. The van der Waals surface area contributed by atoms with Crippen LogP contribution >= 0.6 is 0 Å². The number of aryl methyl sites for hydroxylation is 6. The minimum atomic E-state index is 0.929. The molecule has 2 heteroatoms. The average Bonchev–Trinajstić information content (AvgIpc) is 2.99. The van der Waals surface area contributed by atoms with Gasteiger partial charge in [0.1, 0.15) is 0 Å². The molecule has 4 rings (SSSR count). The van der Waals surface area contributed by atoms with Gasteiger partial charge in [-0.15, -0.1) is 0 Å². The fraction of sp³-hybridized carbons (Fsp3) is 0.333. The lowest BCUT2D eigenvalue weighted by atomic mass is 9.99. The molecule has 0 unspecified atom stereocenters. The summed E-state index contributed by atoms with van der Waals surface area (Å²) in [6, 6.07) is 18.1. The Kier molecular flexibility index (Phi) is 5.12. The van der Waals surface area contributed by atoms with Crippen molar-refractivity contribution in [3.8, 4) is 0 Å². The normalized spacial score (nSPS) is 13.2. The van der Waals surface area contributed by atoms with E-state index in [4.69, 9.17) is 0 Å². The lowest BCUT2D eigenvalue weighted by Gasteiger charge is -2.25. The Morgan fingerprint density at radius 3 is 1.28 bits per heavy atom. The van der Waals surface area contributed by atoms with Gasteiger partial charge in [-0.2, -0.15) is 0 Å². The monoisotopic (exact) mass is 384 g/mol. The van der Waals surface area contributed by atoms with E-state index in [2.05, 4.69) is 99.9 Å². The van der Waals surface area contributed by atoms with Crippen LogP contribution in [0.2, 0.25) is 0 Å². The Bertz CT molecular complexity index is 933. The highest BCUT2D eigenvalue weighted by molar-refractivity contribution is 5.76. The first-order chi connectivity index (χ1) is 13.8. The molecule has 29 heavy (non-hydrogen) atoms. The first kappa shape index (κ1) is 19.6. The van der Waals surface area contributed by atoms with Crippen LogP contribution in [0.4, 0.5) is 11.4 Å². The highest BCUT2D eigenvalue weighted by Crippen LogP contribution is 2.38. The van der Waals surface area contributed by atoms with Crippen molar-refractivity contribution in [1.29, 1.82) is 0 Å². The maximum Gasteiger partial charge on any atom is 0.0911 e. The number of fused-ring (bicyclic) bond motifs is 1. The van der Waals surface area contributed by atoms with Crippen LogP contribution in [0.25, 0.3) is 0 Å². The molecule has 0 aromatic heterocycles. The maximum absolute atomic E-state index is 2.53. The molecule has 3 aromatic carbocycles. The van der Waals surface area contributed by atoms with E-state index < -0.39 is 0 Å². The van der Waals surface area contributed by atoms with Gasteiger partial charge >= 0.3 is 0 Å². The lowest BCUT2D eigenvalue weighted by molar-refractivity contribution is 0.755. The standard InChI is InChI=1S/C27H32N2/c1-18-11-20(3)24(21(4)12-18)15-28-17-29(27-10-8-7-9-26(27)28)16-25-22(5)13-19(2)14-23(25)6/h7-14H,15-17H2,1-6H3. The summed E-state index contributed by atoms with van der Waals surface area (Å²) in [4.78, 5) is 5.05. The molecule has 0 aliphatic carbocycles. The molecule has 0 bridgehead atoms. The Morgan fingerprint density at radius 2 is 0.931 bits per heavy atom. The van der Waals surface area contributed by atoms with Gasteiger partial charge in [-0.3, -0.25) is 0 Å². The first-order valence-corrected chi connectivity index (χ1v) is 10.6. The number of para-hydroxylation sites is 2. The van der Waals surface area contributed by atoms with E-state index in [1.165, 1.54) is 55.9 Å². The van der Waals surface area contributed by atoms with Crippen molar-refractivity contribution in [2.45, 2.75) is 54.6 Å². The number of rotatable bonds is 4. The number of hydrogen-bond donors (Lipinski definition) is 0. The fourth-order valence-electron chi connectivity index (χ4n) is 4.93. The minimum Gasteiger partial charge on any atom is -0.348 e. The van der Waals surface area contributed by atoms with Crippen molar-refractivity contribution in [3.05, 3.63) is 93.0 Å². The second-order valence-corrected chi connectivity index (χ2v) is 8.78.